The Morgan fingerprint density at radius 3 is 1.59 bits per heavy atom. The van der Waals surface area contributed by atoms with Crippen molar-refractivity contribution in [3.63, 3.8) is 0 Å². The molecule has 6 nitrogen and oxygen atoms in total. The molecule has 0 unspecified atom stereocenters. The standard InChI is InChI=1S/C64H39N5O/c1-3-19-42(20-4-1)64(43-21-5-2-6-22-43)53-29-12-7-24-45(53)51-38-52-48-27-10-13-30-55(48)68(58(52)39-54(51)64)44-23-17-18-40(36-44)61-65-62(41-34-35-50-49-28-11-16-33-59(49)70-60(50)37-41)67-63(66-61)69-56-31-14-8-25-46(56)47-26-9-15-32-57(47)69/h1-39H. The second-order valence-corrected chi connectivity index (χ2v) is 18.3. The van der Waals surface area contributed by atoms with Gasteiger partial charge in [-0.2, -0.15) is 9.97 Å². The number of hydrogen-bond acceptors (Lipinski definition) is 4. The predicted molar refractivity (Wildman–Crippen MR) is 284 cm³/mol. The molecule has 10 aromatic carbocycles. The second kappa shape index (κ2) is 14.8. The number of hydrogen-bond donors (Lipinski definition) is 0. The van der Waals surface area contributed by atoms with Crippen LogP contribution in [0, 0.1) is 0 Å². The van der Waals surface area contributed by atoms with Gasteiger partial charge < -0.3 is 8.98 Å². The van der Waals surface area contributed by atoms with E-state index in [1.54, 1.807) is 0 Å². The molecular formula is C64H39N5O. The number of aromatic nitrogens is 5. The van der Waals surface area contributed by atoms with E-state index in [2.05, 4.69) is 228 Å². The lowest BCUT2D eigenvalue weighted by atomic mass is 9.67. The molecule has 1 aliphatic carbocycles. The van der Waals surface area contributed by atoms with E-state index in [1.165, 1.54) is 44.2 Å². The van der Waals surface area contributed by atoms with Crippen LogP contribution in [-0.4, -0.2) is 24.1 Å². The average molecular weight is 894 g/mol. The number of benzene rings is 10. The molecule has 0 amide bonds. The number of para-hydroxylation sites is 4. The molecule has 0 aliphatic heterocycles. The highest BCUT2D eigenvalue weighted by Gasteiger charge is 2.46. The minimum Gasteiger partial charge on any atom is -0.456 e. The van der Waals surface area contributed by atoms with E-state index in [-0.39, 0.29) is 0 Å². The zero-order chi connectivity index (χ0) is 45.9. The van der Waals surface area contributed by atoms with Crippen LogP contribution in [0.3, 0.4) is 0 Å². The zero-order valence-electron chi connectivity index (χ0n) is 37.7. The summed E-state index contributed by atoms with van der Waals surface area (Å²) in [6.07, 6.45) is 0. The van der Waals surface area contributed by atoms with Crippen molar-refractivity contribution in [2.45, 2.75) is 5.41 Å². The first-order valence-electron chi connectivity index (χ1n) is 23.8. The molecule has 0 spiro atoms. The normalized spacial score (nSPS) is 13.0. The van der Waals surface area contributed by atoms with Crippen LogP contribution in [-0.2, 0) is 5.41 Å². The summed E-state index contributed by atoms with van der Waals surface area (Å²) in [4.78, 5) is 16.0. The van der Waals surface area contributed by atoms with Crippen molar-refractivity contribution < 1.29 is 4.42 Å². The van der Waals surface area contributed by atoms with Gasteiger partial charge in [0, 0.05) is 49.1 Å². The van der Waals surface area contributed by atoms with E-state index in [0.717, 1.165) is 71.6 Å². The minimum atomic E-state index is -0.540. The quantitative estimate of drug-likeness (QED) is 0.167. The molecule has 0 N–H and O–H groups in total. The van der Waals surface area contributed by atoms with Crippen molar-refractivity contribution >= 4 is 65.6 Å². The van der Waals surface area contributed by atoms with Crippen LogP contribution >= 0.6 is 0 Å². The fraction of sp³-hybridized carbons (Fsp3) is 0.0156. The number of fused-ring (bicyclic) bond motifs is 12. The van der Waals surface area contributed by atoms with Crippen molar-refractivity contribution in [2.24, 2.45) is 0 Å². The van der Waals surface area contributed by atoms with Crippen LogP contribution in [0.2, 0.25) is 0 Å². The highest BCUT2D eigenvalue weighted by atomic mass is 16.3. The fourth-order valence-corrected chi connectivity index (χ4v) is 11.7. The van der Waals surface area contributed by atoms with Crippen LogP contribution in [0.25, 0.3) is 111 Å². The maximum Gasteiger partial charge on any atom is 0.238 e. The molecule has 15 rings (SSSR count). The number of rotatable bonds is 6. The summed E-state index contributed by atoms with van der Waals surface area (Å²) in [5, 5.41) is 6.79. The minimum absolute atomic E-state index is 0.540. The number of furan rings is 1. The molecule has 0 saturated carbocycles. The van der Waals surface area contributed by atoms with Crippen LogP contribution < -0.4 is 0 Å². The molecule has 14 aromatic rings. The molecular weight excluding hydrogens is 855 g/mol. The SMILES string of the molecule is c1ccc(C2(c3ccccc3)c3ccccc3-c3cc4c5ccccc5n(-c5cccc(-c6nc(-c7ccc8c(c7)oc7ccccc78)nc(-n7c8ccccc8c8ccccc87)n6)c5)c4cc32)cc1. The molecule has 0 bridgehead atoms. The summed E-state index contributed by atoms with van der Waals surface area (Å²) >= 11 is 0. The van der Waals surface area contributed by atoms with Crippen molar-refractivity contribution in [3.05, 3.63) is 259 Å². The van der Waals surface area contributed by atoms with Crippen molar-refractivity contribution in [1.82, 2.24) is 24.1 Å². The molecule has 0 atom stereocenters. The van der Waals surface area contributed by atoms with Gasteiger partial charge in [-0.25, -0.2) is 4.98 Å². The van der Waals surface area contributed by atoms with Gasteiger partial charge in [0.2, 0.25) is 5.95 Å². The van der Waals surface area contributed by atoms with E-state index in [0.29, 0.717) is 17.6 Å². The maximum absolute atomic E-state index is 6.40. The topological polar surface area (TPSA) is 61.7 Å². The van der Waals surface area contributed by atoms with Gasteiger partial charge in [-0.3, -0.25) is 4.57 Å². The number of nitrogens with zero attached hydrogens (tertiary/aromatic N) is 5. The van der Waals surface area contributed by atoms with Crippen molar-refractivity contribution in [3.8, 4) is 45.5 Å². The summed E-state index contributed by atoms with van der Waals surface area (Å²) in [7, 11) is 0. The van der Waals surface area contributed by atoms with Crippen molar-refractivity contribution in [2.75, 3.05) is 0 Å². The first-order valence-corrected chi connectivity index (χ1v) is 23.8. The molecule has 6 heteroatoms. The average Bonchev–Trinajstić information content (AvgIpc) is 4.16. The molecule has 0 saturated heterocycles. The Morgan fingerprint density at radius 2 is 0.886 bits per heavy atom. The summed E-state index contributed by atoms with van der Waals surface area (Å²) in [5.74, 6) is 1.66. The summed E-state index contributed by atoms with van der Waals surface area (Å²) in [5.41, 5.74) is 15.6. The lowest BCUT2D eigenvalue weighted by Gasteiger charge is -2.34. The highest BCUT2D eigenvalue weighted by Crippen LogP contribution is 2.57. The summed E-state index contributed by atoms with van der Waals surface area (Å²) in [6.45, 7) is 0. The van der Waals surface area contributed by atoms with Gasteiger partial charge in [-0.15, -0.1) is 0 Å². The third kappa shape index (κ3) is 5.47. The first-order chi connectivity index (χ1) is 34.7. The summed E-state index contributed by atoms with van der Waals surface area (Å²) in [6, 6.07) is 84.7. The smallest absolute Gasteiger partial charge is 0.238 e. The summed E-state index contributed by atoms with van der Waals surface area (Å²) < 4.78 is 11.0. The van der Waals surface area contributed by atoms with E-state index in [1.807, 2.05) is 18.2 Å². The molecule has 4 heterocycles. The van der Waals surface area contributed by atoms with E-state index in [4.69, 9.17) is 19.4 Å². The highest BCUT2D eigenvalue weighted by molar-refractivity contribution is 6.12. The maximum atomic E-state index is 6.40. The Bertz CT molecular complexity index is 4340. The molecule has 0 radical (unpaired) electrons. The lowest BCUT2D eigenvalue weighted by molar-refractivity contribution is 0.669. The largest absolute Gasteiger partial charge is 0.456 e. The molecule has 4 aromatic heterocycles. The molecule has 1 aliphatic rings. The van der Waals surface area contributed by atoms with Gasteiger partial charge in [-0.1, -0.05) is 176 Å². The van der Waals surface area contributed by atoms with Gasteiger partial charge in [0.25, 0.3) is 0 Å². The van der Waals surface area contributed by atoms with Crippen LogP contribution in [0.15, 0.2) is 241 Å². The van der Waals surface area contributed by atoms with Gasteiger partial charge in [0.1, 0.15) is 11.2 Å². The Morgan fingerprint density at radius 1 is 0.329 bits per heavy atom. The Labute approximate surface area is 402 Å². The van der Waals surface area contributed by atoms with Crippen LogP contribution in [0.1, 0.15) is 22.3 Å². The lowest BCUT2D eigenvalue weighted by Crippen LogP contribution is -2.28. The monoisotopic (exact) mass is 893 g/mol. The fourth-order valence-electron chi connectivity index (χ4n) is 11.7. The first kappa shape index (κ1) is 38.7. The van der Waals surface area contributed by atoms with Gasteiger partial charge in [0.05, 0.1) is 27.5 Å². The van der Waals surface area contributed by atoms with Crippen LogP contribution in [0.4, 0.5) is 0 Å². The Kier molecular flexibility index (Phi) is 8.18. The van der Waals surface area contributed by atoms with E-state index >= 15 is 0 Å². The van der Waals surface area contributed by atoms with Gasteiger partial charge >= 0.3 is 0 Å². The molecule has 326 valence electrons. The Hall–Kier alpha value is -9.39. The Balaban J connectivity index is 0.971. The van der Waals surface area contributed by atoms with Crippen molar-refractivity contribution in [1.29, 1.82) is 0 Å². The third-order valence-electron chi connectivity index (χ3n) is 14.7. The molecule has 0 fully saturated rings. The zero-order valence-corrected chi connectivity index (χ0v) is 37.7. The van der Waals surface area contributed by atoms with Gasteiger partial charge in [-0.05, 0) is 94.0 Å². The second-order valence-electron chi connectivity index (χ2n) is 18.3. The third-order valence-corrected chi connectivity index (χ3v) is 14.7. The molecule has 70 heavy (non-hydrogen) atoms. The van der Waals surface area contributed by atoms with E-state index < -0.39 is 5.41 Å². The van der Waals surface area contributed by atoms with Crippen LogP contribution in [0.5, 0.6) is 0 Å². The van der Waals surface area contributed by atoms with Gasteiger partial charge in [0.15, 0.2) is 11.6 Å². The predicted octanol–water partition coefficient (Wildman–Crippen LogP) is 15.7. The van der Waals surface area contributed by atoms with E-state index in [9.17, 15) is 0 Å².